The number of ketones is 1. The van der Waals surface area contributed by atoms with Crippen molar-refractivity contribution in [1.82, 2.24) is 10.3 Å². The van der Waals surface area contributed by atoms with Crippen LogP contribution in [0.3, 0.4) is 0 Å². The number of carbonyl (C=O) groups is 2. The molecule has 0 bridgehead atoms. The Morgan fingerprint density at radius 2 is 1.90 bits per heavy atom. The van der Waals surface area contributed by atoms with Crippen LogP contribution in [0.2, 0.25) is 0 Å². The van der Waals surface area contributed by atoms with Gasteiger partial charge >= 0.3 is 5.97 Å². The smallest absolute Gasteiger partial charge is 0.336 e. The van der Waals surface area contributed by atoms with Crippen molar-refractivity contribution in [3.8, 4) is 0 Å². The van der Waals surface area contributed by atoms with E-state index in [0.29, 0.717) is 23.7 Å². The minimum atomic E-state index is -0.444. The number of allylic oxidation sites excluding steroid dienone is 3. The Morgan fingerprint density at radius 1 is 1.17 bits per heavy atom. The van der Waals surface area contributed by atoms with E-state index in [-0.39, 0.29) is 11.8 Å². The fraction of sp³-hybridized carbons (Fsp3) is 0.458. The van der Waals surface area contributed by atoms with Gasteiger partial charge in [-0.15, -0.1) is 11.3 Å². The second kappa shape index (κ2) is 8.72. The Morgan fingerprint density at radius 3 is 2.63 bits per heavy atom. The number of hydrogen-bond donors (Lipinski definition) is 1. The van der Waals surface area contributed by atoms with Crippen molar-refractivity contribution in [1.29, 1.82) is 0 Å². The molecule has 0 spiro atoms. The molecule has 30 heavy (non-hydrogen) atoms. The third-order valence-corrected chi connectivity index (χ3v) is 7.15. The lowest BCUT2D eigenvalue weighted by atomic mass is 9.79. The number of carbonyl (C=O) groups excluding carboxylic acids is 2. The first kappa shape index (κ1) is 20.8. The molecule has 2 aromatic heterocycles. The predicted octanol–water partition coefficient (Wildman–Crippen LogP) is 5.24. The second-order valence-electron chi connectivity index (χ2n) is 8.34. The molecule has 0 saturated heterocycles. The molecule has 4 rings (SSSR count). The maximum Gasteiger partial charge on any atom is 0.336 e. The van der Waals surface area contributed by atoms with Crippen LogP contribution in [0.4, 0.5) is 0 Å². The van der Waals surface area contributed by atoms with E-state index in [4.69, 9.17) is 4.74 Å². The molecule has 3 heterocycles. The molecule has 0 radical (unpaired) electrons. The SMILES string of the molecule is CC(=O)C1=C(C)NC(C)=C(C(=O)OCC2CCCCC2)C1c1csc2ncccc12. The standard InChI is InChI=1S/C24H28N2O3S/c1-14-20(16(3)27)22(19-13-30-23-18(19)10-7-11-25-23)21(15(2)26-14)24(28)29-12-17-8-5-4-6-9-17/h7,10-11,13,17,22,26H,4-6,8-9,12H2,1-3H3. The average Bonchev–Trinajstić information content (AvgIpc) is 3.16. The number of nitrogens with one attached hydrogen (secondary N) is 1. The molecular weight excluding hydrogens is 396 g/mol. The summed E-state index contributed by atoms with van der Waals surface area (Å²) in [6.45, 7) is 5.79. The summed E-state index contributed by atoms with van der Waals surface area (Å²) in [5, 5.41) is 6.24. The molecule has 5 nitrogen and oxygen atoms in total. The fourth-order valence-corrected chi connectivity index (χ4v) is 5.71. The molecule has 1 unspecified atom stereocenters. The highest BCUT2D eigenvalue weighted by Crippen LogP contribution is 2.43. The van der Waals surface area contributed by atoms with Gasteiger partial charge in [0.2, 0.25) is 0 Å². The van der Waals surface area contributed by atoms with Crippen molar-refractivity contribution in [2.75, 3.05) is 6.61 Å². The van der Waals surface area contributed by atoms with E-state index in [0.717, 1.165) is 40.0 Å². The molecule has 1 N–H and O–H groups in total. The van der Waals surface area contributed by atoms with E-state index in [1.165, 1.54) is 30.6 Å². The molecule has 1 aliphatic heterocycles. The Labute approximate surface area is 181 Å². The quantitative estimate of drug-likeness (QED) is 0.665. The van der Waals surface area contributed by atoms with E-state index in [2.05, 4.69) is 10.3 Å². The number of esters is 1. The average molecular weight is 425 g/mol. The van der Waals surface area contributed by atoms with E-state index in [9.17, 15) is 9.59 Å². The number of ether oxygens (including phenoxy) is 1. The zero-order valence-electron chi connectivity index (χ0n) is 17.8. The Bertz CT molecular complexity index is 1040. The third-order valence-electron chi connectivity index (χ3n) is 6.23. The van der Waals surface area contributed by atoms with Crippen LogP contribution in [0.15, 0.2) is 46.2 Å². The summed E-state index contributed by atoms with van der Waals surface area (Å²) in [5.41, 5.74) is 3.63. The Balaban J connectivity index is 1.72. The van der Waals surface area contributed by atoms with Gasteiger partial charge in [-0.3, -0.25) is 4.79 Å². The molecule has 2 aromatic rings. The molecule has 2 aliphatic rings. The maximum absolute atomic E-state index is 13.3. The minimum Gasteiger partial charge on any atom is -0.462 e. The van der Waals surface area contributed by atoms with Crippen LogP contribution in [0, 0.1) is 5.92 Å². The number of fused-ring (bicyclic) bond motifs is 1. The van der Waals surface area contributed by atoms with Gasteiger partial charge in [-0.2, -0.15) is 0 Å². The zero-order chi connectivity index (χ0) is 21.3. The van der Waals surface area contributed by atoms with Crippen molar-refractivity contribution < 1.29 is 14.3 Å². The summed E-state index contributed by atoms with van der Waals surface area (Å²) in [7, 11) is 0. The highest BCUT2D eigenvalue weighted by molar-refractivity contribution is 7.16. The topological polar surface area (TPSA) is 68.3 Å². The van der Waals surface area contributed by atoms with Gasteiger partial charge in [-0.25, -0.2) is 9.78 Å². The summed E-state index contributed by atoms with van der Waals surface area (Å²) in [6.07, 6.45) is 7.68. The molecule has 0 amide bonds. The van der Waals surface area contributed by atoms with Crippen LogP contribution < -0.4 is 5.32 Å². The Hall–Kier alpha value is -2.47. The first-order valence-electron chi connectivity index (χ1n) is 10.7. The number of rotatable bonds is 5. The van der Waals surface area contributed by atoms with Crippen molar-refractivity contribution in [3.05, 3.63) is 51.8 Å². The largest absolute Gasteiger partial charge is 0.462 e. The monoisotopic (exact) mass is 424 g/mol. The molecule has 1 aliphatic carbocycles. The van der Waals surface area contributed by atoms with E-state index < -0.39 is 5.92 Å². The van der Waals surface area contributed by atoms with Gasteiger partial charge in [0.15, 0.2) is 5.78 Å². The fourth-order valence-electron chi connectivity index (χ4n) is 4.78. The second-order valence-corrected chi connectivity index (χ2v) is 9.20. The summed E-state index contributed by atoms with van der Waals surface area (Å²) < 4.78 is 5.81. The van der Waals surface area contributed by atoms with Gasteiger partial charge < -0.3 is 10.1 Å². The van der Waals surface area contributed by atoms with Crippen molar-refractivity contribution in [2.24, 2.45) is 5.92 Å². The molecule has 1 fully saturated rings. The predicted molar refractivity (Wildman–Crippen MR) is 119 cm³/mol. The van der Waals surface area contributed by atoms with Crippen LogP contribution in [-0.2, 0) is 14.3 Å². The lowest BCUT2D eigenvalue weighted by molar-refractivity contribution is -0.141. The zero-order valence-corrected chi connectivity index (χ0v) is 18.6. The summed E-state index contributed by atoms with van der Waals surface area (Å²) in [4.78, 5) is 31.3. The summed E-state index contributed by atoms with van der Waals surface area (Å²) in [6, 6.07) is 3.89. The highest BCUT2D eigenvalue weighted by atomic mass is 32.1. The molecule has 0 aromatic carbocycles. The number of thiophene rings is 1. The van der Waals surface area contributed by atoms with Crippen molar-refractivity contribution >= 4 is 33.3 Å². The van der Waals surface area contributed by atoms with Crippen LogP contribution in [0.5, 0.6) is 0 Å². The van der Waals surface area contributed by atoms with Crippen LogP contribution in [0.1, 0.15) is 64.4 Å². The number of Topliss-reactive ketones (excluding diaryl/α,β-unsaturated/α-hetero) is 1. The number of nitrogens with zero attached hydrogens (tertiary/aromatic N) is 1. The highest BCUT2D eigenvalue weighted by Gasteiger charge is 2.37. The van der Waals surface area contributed by atoms with Gasteiger partial charge in [0.1, 0.15) is 4.83 Å². The van der Waals surface area contributed by atoms with Crippen LogP contribution >= 0.6 is 11.3 Å². The normalized spacial score (nSPS) is 20.4. The number of aromatic nitrogens is 1. The molecule has 1 atom stereocenters. The van der Waals surface area contributed by atoms with Crippen molar-refractivity contribution in [2.45, 2.75) is 58.8 Å². The lowest BCUT2D eigenvalue weighted by Gasteiger charge is -2.30. The van der Waals surface area contributed by atoms with Crippen molar-refractivity contribution in [3.63, 3.8) is 0 Å². The van der Waals surface area contributed by atoms with Crippen LogP contribution in [-0.4, -0.2) is 23.3 Å². The lowest BCUT2D eigenvalue weighted by Crippen LogP contribution is -2.31. The minimum absolute atomic E-state index is 0.0432. The van der Waals surface area contributed by atoms with Gasteiger partial charge in [-0.1, -0.05) is 25.3 Å². The number of pyridine rings is 1. The van der Waals surface area contributed by atoms with E-state index in [1.54, 1.807) is 13.1 Å². The van der Waals surface area contributed by atoms with Crippen LogP contribution in [0.25, 0.3) is 10.2 Å². The van der Waals surface area contributed by atoms with Gasteiger partial charge in [0.25, 0.3) is 0 Å². The van der Waals surface area contributed by atoms with E-state index in [1.807, 2.05) is 31.4 Å². The maximum atomic E-state index is 13.3. The van der Waals surface area contributed by atoms with Gasteiger partial charge in [0, 0.05) is 34.5 Å². The van der Waals surface area contributed by atoms with Gasteiger partial charge in [-0.05, 0) is 56.5 Å². The third kappa shape index (κ3) is 3.93. The summed E-state index contributed by atoms with van der Waals surface area (Å²) >= 11 is 1.53. The number of dihydropyridines is 1. The molecule has 158 valence electrons. The van der Waals surface area contributed by atoms with E-state index >= 15 is 0 Å². The summed E-state index contributed by atoms with van der Waals surface area (Å²) in [5.74, 6) is -0.377. The first-order valence-corrected chi connectivity index (χ1v) is 11.5. The van der Waals surface area contributed by atoms with Gasteiger partial charge in [0.05, 0.1) is 12.2 Å². The molecular formula is C24H28N2O3S. The first-order chi connectivity index (χ1) is 14.5. The number of hydrogen-bond acceptors (Lipinski definition) is 6. The molecule has 6 heteroatoms. The molecule has 1 saturated carbocycles. The Kier molecular flexibility index (Phi) is 6.04.